The van der Waals surface area contributed by atoms with Crippen molar-refractivity contribution in [3.63, 3.8) is 0 Å². The van der Waals surface area contributed by atoms with E-state index in [2.05, 4.69) is 46.0 Å². The van der Waals surface area contributed by atoms with Crippen LogP contribution in [0.15, 0.2) is 23.3 Å². The number of hydrogen-bond donors (Lipinski definition) is 1. The zero-order valence-electron chi connectivity index (χ0n) is 17.7. The van der Waals surface area contributed by atoms with Crippen molar-refractivity contribution in [1.82, 2.24) is 5.32 Å². The molecule has 0 radical (unpaired) electrons. The van der Waals surface area contributed by atoms with E-state index in [9.17, 15) is 9.59 Å². The second kappa shape index (κ2) is 6.06. The lowest BCUT2D eigenvalue weighted by Gasteiger charge is -2.57. The highest BCUT2D eigenvalue weighted by molar-refractivity contribution is 5.96. The molecule has 3 nitrogen and oxygen atoms in total. The largest absolute Gasteiger partial charge is 0.348 e. The molecule has 4 aliphatic rings. The van der Waals surface area contributed by atoms with Gasteiger partial charge in [-0.1, -0.05) is 25.5 Å². The summed E-state index contributed by atoms with van der Waals surface area (Å²) in [5.41, 5.74) is 2.47. The molecule has 3 heteroatoms. The summed E-state index contributed by atoms with van der Waals surface area (Å²) < 4.78 is 0. The molecule has 0 saturated heterocycles. The Balaban J connectivity index is 1.59. The summed E-state index contributed by atoms with van der Waals surface area (Å²) in [5, 5.41) is 3.20. The maximum absolute atomic E-state index is 13.0. The Hall–Kier alpha value is -1.38. The Morgan fingerprint density at radius 3 is 2.52 bits per heavy atom. The van der Waals surface area contributed by atoms with Crippen LogP contribution in [0.4, 0.5) is 0 Å². The summed E-state index contributed by atoms with van der Waals surface area (Å²) in [7, 11) is 0. The van der Waals surface area contributed by atoms with Crippen molar-refractivity contribution in [3.05, 3.63) is 23.3 Å². The zero-order valence-corrected chi connectivity index (χ0v) is 17.7. The third-order valence-electron chi connectivity index (χ3n) is 8.28. The highest BCUT2D eigenvalue weighted by atomic mass is 16.2. The Morgan fingerprint density at radius 1 is 1.07 bits per heavy atom. The van der Waals surface area contributed by atoms with Crippen LogP contribution in [-0.4, -0.2) is 17.2 Å². The van der Waals surface area contributed by atoms with Gasteiger partial charge in [-0.25, -0.2) is 0 Å². The number of allylic oxidation sites excluding steroid dienone is 3. The van der Waals surface area contributed by atoms with E-state index < -0.39 is 0 Å². The molecule has 4 rings (SSSR count). The molecule has 2 fully saturated rings. The lowest BCUT2D eigenvalue weighted by Crippen LogP contribution is -2.51. The average Bonchev–Trinajstić information content (AvgIpc) is 2.91. The van der Waals surface area contributed by atoms with Crippen LogP contribution in [-0.2, 0) is 9.59 Å². The molecule has 1 amide bonds. The van der Waals surface area contributed by atoms with Crippen molar-refractivity contribution in [2.45, 2.75) is 85.1 Å². The number of rotatable bonds is 1. The number of amides is 1. The van der Waals surface area contributed by atoms with Crippen molar-refractivity contribution in [1.29, 1.82) is 0 Å². The van der Waals surface area contributed by atoms with Gasteiger partial charge in [-0.2, -0.15) is 0 Å². The monoisotopic (exact) mass is 369 g/mol. The number of ketones is 1. The van der Waals surface area contributed by atoms with E-state index >= 15 is 0 Å². The van der Waals surface area contributed by atoms with E-state index in [1.807, 2.05) is 6.08 Å². The van der Waals surface area contributed by atoms with Crippen molar-refractivity contribution in [2.24, 2.45) is 28.6 Å². The van der Waals surface area contributed by atoms with E-state index in [-0.39, 0.29) is 22.3 Å². The summed E-state index contributed by atoms with van der Waals surface area (Å²) in [6.45, 7) is 10.9. The summed E-state index contributed by atoms with van der Waals surface area (Å²) in [6.07, 6.45) is 11.5. The first-order valence-electron chi connectivity index (χ1n) is 10.8. The number of carbonyl (C=O) groups is 2. The smallest absolute Gasteiger partial charge is 0.247 e. The Labute approximate surface area is 164 Å². The Bertz CT molecular complexity index is 740. The van der Waals surface area contributed by atoms with Crippen LogP contribution in [0.2, 0.25) is 0 Å². The number of nitrogens with one attached hydrogen (secondary N) is 1. The minimum Gasteiger partial charge on any atom is -0.348 e. The van der Waals surface area contributed by atoms with Crippen LogP contribution in [0, 0.1) is 28.6 Å². The molecule has 0 aromatic rings. The van der Waals surface area contributed by atoms with Crippen LogP contribution in [0.3, 0.4) is 0 Å². The van der Waals surface area contributed by atoms with Crippen LogP contribution >= 0.6 is 0 Å². The van der Waals surface area contributed by atoms with Gasteiger partial charge in [-0.05, 0) is 88.5 Å². The van der Waals surface area contributed by atoms with E-state index in [1.165, 1.54) is 18.4 Å². The maximum atomic E-state index is 13.0. The van der Waals surface area contributed by atoms with Gasteiger partial charge < -0.3 is 5.32 Å². The molecule has 27 heavy (non-hydrogen) atoms. The lowest BCUT2D eigenvalue weighted by molar-refractivity contribution is -0.122. The maximum Gasteiger partial charge on any atom is 0.247 e. The van der Waals surface area contributed by atoms with Crippen molar-refractivity contribution >= 4 is 11.7 Å². The third kappa shape index (κ3) is 2.93. The van der Waals surface area contributed by atoms with E-state index in [1.54, 1.807) is 0 Å². The number of fused-ring (bicyclic) bond motifs is 5. The van der Waals surface area contributed by atoms with Crippen LogP contribution < -0.4 is 5.32 Å². The Kier molecular flexibility index (Phi) is 4.25. The number of hydrogen-bond acceptors (Lipinski definition) is 2. The van der Waals surface area contributed by atoms with Gasteiger partial charge in [0.25, 0.3) is 0 Å². The predicted octanol–water partition coefficient (Wildman–Crippen LogP) is 4.97. The quantitative estimate of drug-likeness (QED) is 0.709. The van der Waals surface area contributed by atoms with Crippen molar-refractivity contribution < 1.29 is 9.59 Å². The van der Waals surface area contributed by atoms with Gasteiger partial charge in [0.15, 0.2) is 5.78 Å². The molecule has 5 atom stereocenters. The highest BCUT2D eigenvalue weighted by Gasteiger charge is 2.58. The minimum atomic E-state index is -0.198. The van der Waals surface area contributed by atoms with Crippen LogP contribution in [0.5, 0.6) is 0 Å². The molecular formula is C24H35NO2. The van der Waals surface area contributed by atoms with Gasteiger partial charge in [0.1, 0.15) is 0 Å². The second-order valence-corrected chi connectivity index (χ2v) is 11.0. The SMILES string of the molecule is CC(C)(C)NC(=O)C1=CC[C@H]2[C@@H]3CCC4=CC(=O)CC[C@]4(C)[C@H]3CC[C@]12C. The molecular weight excluding hydrogens is 334 g/mol. The lowest BCUT2D eigenvalue weighted by atomic mass is 9.47. The summed E-state index contributed by atoms with van der Waals surface area (Å²) in [4.78, 5) is 24.9. The van der Waals surface area contributed by atoms with Gasteiger partial charge in [0, 0.05) is 22.9 Å². The fourth-order valence-corrected chi connectivity index (χ4v) is 6.89. The van der Waals surface area contributed by atoms with Crippen LogP contribution in [0.25, 0.3) is 0 Å². The molecule has 0 unspecified atom stereocenters. The molecule has 2 saturated carbocycles. The van der Waals surface area contributed by atoms with Gasteiger partial charge >= 0.3 is 0 Å². The summed E-state index contributed by atoms with van der Waals surface area (Å²) >= 11 is 0. The molecule has 148 valence electrons. The highest BCUT2D eigenvalue weighted by Crippen LogP contribution is 2.65. The summed E-state index contributed by atoms with van der Waals surface area (Å²) in [5.74, 6) is 2.38. The fourth-order valence-electron chi connectivity index (χ4n) is 6.89. The standard InChI is InChI=1S/C24H35NO2/c1-22(2,3)25-21(27)20-9-8-18-17-7-6-15-14-16(26)10-12-23(15,4)19(17)11-13-24(18,20)5/h9,14,17-19H,6-8,10-13H2,1-5H3,(H,25,27)/t17-,18-,19-,23-,24-/m0/s1. The van der Waals surface area contributed by atoms with Crippen molar-refractivity contribution in [3.8, 4) is 0 Å². The number of carbonyl (C=O) groups excluding carboxylic acids is 2. The first-order chi connectivity index (χ1) is 12.5. The topological polar surface area (TPSA) is 46.2 Å². The average molecular weight is 370 g/mol. The fraction of sp³-hybridized carbons (Fsp3) is 0.750. The van der Waals surface area contributed by atoms with Gasteiger partial charge in [0.05, 0.1) is 0 Å². The van der Waals surface area contributed by atoms with Crippen molar-refractivity contribution in [2.75, 3.05) is 0 Å². The molecule has 0 aromatic heterocycles. The third-order valence-corrected chi connectivity index (χ3v) is 8.28. The predicted molar refractivity (Wildman–Crippen MR) is 108 cm³/mol. The van der Waals surface area contributed by atoms with Gasteiger partial charge in [-0.3, -0.25) is 9.59 Å². The molecule has 0 aliphatic heterocycles. The first kappa shape index (κ1) is 19.0. The summed E-state index contributed by atoms with van der Waals surface area (Å²) in [6, 6.07) is 0. The van der Waals surface area contributed by atoms with Crippen LogP contribution in [0.1, 0.15) is 79.6 Å². The van der Waals surface area contributed by atoms with Gasteiger partial charge in [0.2, 0.25) is 5.91 Å². The molecule has 0 spiro atoms. The Morgan fingerprint density at radius 2 is 1.81 bits per heavy atom. The van der Waals surface area contributed by atoms with Gasteiger partial charge in [-0.15, -0.1) is 0 Å². The normalized spacial score (nSPS) is 41.1. The van der Waals surface area contributed by atoms with E-state index in [0.29, 0.717) is 30.0 Å². The molecule has 4 aliphatic carbocycles. The molecule has 0 heterocycles. The second-order valence-electron chi connectivity index (χ2n) is 11.0. The van der Waals surface area contributed by atoms with E-state index in [4.69, 9.17) is 0 Å². The molecule has 0 bridgehead atoms. The van der Waals surface area contributed by atoms with E-state index in [0.717, 1.165) is 31.3 Å². The molecule has 1 N–H and O–H groups in total. The minimum absolute atomic E-state index is 0.0125. The molecule has 0 aromatic carbocycles. The zero-order chi connectivity index (χ0) is 19.6. The first-order valence-corrected chi connectivity index (χ1v) is 10.8.